The van der Waals surface area contributed by atoms with Gasteiger partial charge in [0.25, 0.3) is 0 Å². The van der Waals surface area contributed by atoms with Crippen molar-refractivity contribution in [1.82, 2.24) is 15.1 Å². The van der Waals surface area contributed by atoms with Crippen LogP contribution in [0.4, 0.5) is 0 Å². The van der Waals surface area contributed by atoms with Gasteiger partial charge >= 0.3 is 0 Å². The first kappa shape index (κ1) is 12.9. The summed E-state index contributed by atoms with van der Waals surface area (Å²) in [6, 6.07) is 2.23. The molecule has 3 heteroatoms. The summed E-state index contributed by atoms with van der Waals surface area (Å²) >= 11 is 0. The zero-order chi connectivity index (χ0) is 13.3. The number of aryl methyl sites for hydroxylation is 1. The quantitative estimate of drug-likeness (QED) is 0.867. The lowest BCUT2D eigenvalue weighted by molar-refractivity contribution is 0.559. The van der Waals surface area contributed by atoms with E-state index in [0.717, 1.165) is 18.7 Å². The van der Waals surface area contributed by atoms with Crippen LogP contribution in [0.15, 0.2) is 23.9 Å². The van der Waals surface area contributed by atoms with Crippen LogP contribution in [0.1, 0.15) is 46.0 Å². The van der Waals surface area contributed by atoms with Crippen molar-refractivity contribution in [3.05, 3.63) is 35.3 Å². The van der Waals surface area contributed by atoms with Crippen molar-refractivity contribution < 1.29 is 0 Å². The van der Waals surface area contributed by atoms with E-state index in [2.05, 4.69) is 62.8 Å². The molecule has 0 aromatic carbocycles. The molecule has 0 amide bonds. The van der Waals surface area contributed by atoms with Crippen LogP contribution >= 0.6 is 0 Å². The average molecular weight is 245 g/mol. The molecule has 1 aliphatic rings. The van der Waals surface area contributed by atoms with Gasteiger partial charge in [0.1, 0.15) is 0 Å². The second-order valence-corrected chi connectivity index (χ2v) is 5.90. The van der Waals surface area contributed by atoms with Crippen molar-refractivity contribution in [3.63, 3.8) is 0 Å². The Labute approximate surface area is 110 Å². The molecular formula is C15H23N3. The van der Waals surface area contributed by atoms with Crippen LogP contribution in [0.2, 0.25) is 0 Å². The van der Waals surface area contributed by atoms with Gasteiger partial charge in [-0.25, -0.2) is 4.68 Å². The Bertz CT molecular complexity index is 498. The summed E-state index contributed by atoms with van der Waals surface area (Å²) in [5.74, 6) is 0. The predicted octanol–water partition coefficient (Wildman–Crippen LogP) is 3.09. The van der Waals surface area contributed by atoms with Crippen LogP contribution in [0.5, 0.6) is 0 Å². The van der Waals surface area contributed by atoms with Gasteiger partial charge in [0.15, 0.2) is 0 Å². The molecule has 98 valence electrons. The molecule has 2 heterocycles. The molecule has 0 saturated heterocycles. The number of allylic oxidation sites excluding steroid dienone is 3. The number of nitrogens with one attached hydrogen (secondary N) is 1. The smallest absolute Gasteiger partial charge is 0.0685 e. The Morgan fingerprint density at radius 3 is 2.56 bits per heavy atom. The third-order valence-electron chi connectivity index (χ3n) is 3.26. The third-order valence-corrected chi connectivity index (χ3v) is 3.26. The lowest BCUT2D eigenvalue weighted by Crippen LogP contribution is -2.22. The number of aromatic nitrogens is 2. The Kier molecular flexibility index (Phi) is 3.33. The van der Waals surface area contributed by atoms with Gasteiger partial charge in [-0.3, -0.25) is 0 Å². The minimum atomic E-state index is 0.101. The van der Waals surface area contributed by atoms with Gasteiger partial charge in [-0.15, -0.1) is 0 Å². The molecule has 0 saturated carbocycles. The summed E-state index contributed by atoms with van der Waals surface area (Å²) in [6.45, 7) is 11.7. The number of rotatable bonds is 2. The molecule has 0 atom stereocenters. The molecule has 0 aliphatic carbocycles. The number of hydrogen-bond acceptors (Lipinski definition) is 2. The fourth-order valence-electron chi connectivity index (χ4n) is 2.00. The first-order valence-electron chi connectivity index (χ1n) is 6.63. The highest BCUT2D eigenvalue weighted by Gasteiger charge is 2.20. The summed E-state index contributed by atoms with van der Waals surface area (Å²) < 4.78 is 2.09. The lowest BCUT2D eigenvalue weighted by atomic mass is 9.92. The van der Waals surface area contributed by atoms with Crippen molar-refractivity contribution in [1.29, 1.82) is 0 Å². The van der Waals surface area contributed by atoms with E-state index in [1.165, 1.54) is 17.1 Å². The summed E-state index contributed by atoms with van der Waals surface area (Å²) in [5, 5.41) is 8.14. The number of dihydropyridines is 1. The second-order valence-electron chi connectivity index (χ2n) is 5.90. The third kappa shape index (κ3) is 2.50. The standard InChI is InChI=1S/C15H23N3/c1-6-12-9-14(15(3,4)5)17-18(12)13-8-7-11(2)16-10-13/h7-9,16H,6,10H2,1-5H3. The zero-order valence-electron chi connectivity index (χ0n) is 12.0. The Morgan fingerprint density at radius 1 is 1.33 bits per heavy atom. The molecule has 1 aliphatic heterocycles. The van der Waals surface area contributed by atoms with Crippen molar-refractivity contribution >= 4 is 5.70 Å². The van der Waals surface area contributed by atoms with E-state index in [1.807, 2.05) is 0 Å². The van der Waals surface area contributed by atoms with E-state index in [1.54, 1.807) is 0 Å². The molecule has 0 spiro atoms. The Balaban J connectivity index is 2.42. The first-order valence-corrected chi connectivity index (χ1v) is 6.63. The second kappa shape index (κ2) is 4.63. The van der Waals surface area contributed by atoms with E-state index in [-0.39, 0.29) is 5.41 Å². The zero-order valence-corrected chi connectivity index (χ0v) is 12.0. The van der Waals surface area contributed by atoms with Gasteiger partial charge < -0.3 is 5.32 Å². The molecule has 0 unspecified atom stereocenters. The molecule has 0 radical (unpaired) electrons. The van der Waals surface area contributed by atoms with E-state index in [4.69, 9.17) is 5.10 Å². The van der Waals surface area contributed by atoms with Crippen LogP contribution in [0.25, 0.3) is 5.70 Å². The van der Waals surface area contributed by atoms with Gasteiger partial charge in [-0.05, 0) is 31.6 Å². The molecule has 0 bridgehead atoms. The van der Waals surface area contributed by atoms with E-state index in [9.17, 15) is 0 Å². The molecule has 0 fully saturated rings. The highest BCUT2D eigenvalue weighted by Crippen LogP contribution is 2.24. The molecule has 1 aromatic rings. The fraction of sp³-hybridized carbons (Fsp3) is 0.533. The van der Waals surface area contributed by atoms with E-state index >= 15 is 0 Å². The summed E-state index contributed by atoms with van der Waals surface area (Å²) in [6.07, 6.45) is 5.27. The van der Waals surface area contributed by atoms with E-state index in [0.29, 0.717) is 0 Å². The van der Waals surface area contributed by atoms with Crippen LogP contribution in [-0.2, 0) is 11.8 Å². The van der Waals surface area contributed by atoms with Crippen LogP contribution in [0, 0.1) is 0 Å². The van der Waals surface area contributed by atoms with Crippen molar-refractivity contribution in [2.75, 3.05) is 6.54 Å². The van der Waals surface area contributed by atoms with Gasteiger partial charge in [0.2, 0.25) is 0 Å². The first-order chi connectivity index (χ1) is 8.41. The highest BCUT2D eigenvalue weighted by atomic mass is 15.3. The van der Waals surface area contributed by atoms with Crippen molar-refractivity contribution in [2.45, 2.75) is 46.5 Å². The Hall–Kier alpha value is -1.51. The normalized spacial score (nSPS) is 16.1. The molecule has 1 aromatic heterocycles. The van der Waals surface area contributed by atoms with Gasteiger partial charge in [-0.2, -0.15) is 5.10 Å². The van der Waals surface area contributed by atoms with Crippen molar-refractivity contribution in [2.24, 2.45) is 0 Å². The fourth-order valence-corrected chi connectivity index (χ4v) is 2.00. The topological polar surface area (TPSA) is 29.9 Å². The van der Waals surface area contributed by atoms with E-state index < -0.39 is 0 Å². The maximum atomic E-state index is 4.78. The SMILES string of the molecule is CCc1cc(C(C)(C)C)nn1C1=CC=C(C)NC1. The lowest BCUT2D eigenvalue weighted by Gasteiger charge is -2.17. The summed E-state index contributed by atoms with van der Waals surface area (Å²) in [5.41, 5.74) is 4.96. The minimum absolute atomic E-state index is 0.101. The molecule has 3 nitrogen and oxygen atoms in total. The minimum Gasteiger partial charge on any atom is -0.383 e. The van der Waals surface area contributed by atoms with Gasteiger partial charge in [0, 0.05) is 16.8 Å². The van der Waals surface area contributed by atoms with Crippen molar-refractivity contribution in [3.8, 4) is 0 Å². The maximum absolute atomic E-state index is 4.78. The van der Waals surface area contributed by atoms with Gasteiger partial charge in [0.05, 0.1) is 17.9 Å². The number of nitrogens with zero attached hydrogens (tertiary/aromatic N) is 2. The molecule has 1 N–H and O–H groups in total. The summed E-state index contributed by atoms with van der Waals surface area (Å²) in [7, 11) is 0. The Morgan fingerprint density at radius 2 is 2.06 bits per heavy atom. The summed E-state index contributed by atoms with van der Waals surface area (Å²) in [4.78, 5) is 0. The number of hydrogen-bond donors (Lipinski definition) is 1. The average Bonchev–Trinajstić information content (AvgIpc) is 2.73. The largest absolute Gasteiger partial charge is 0.383 e. The monoisotopic (exact) mass is 245 g/mol. The van der Waals surface area contributed by atoms with Crippen LogP contribution in [0.3, 0.4) is 0 Å². The predicted molar refractivity (Wildman–Crippen MR) is 76.3 cm³/mol. The highest BCUT2D eigenvalue weighted by molar-refractivity contribution is 5.53. The molecular weight excluding hydrogens is 222 g/mol. The maximum Gasteiger partial charge on any atom is 0.0685 e. The van der Waals surface area contributed by atoms with Crippen LogP contribution < -0.4 is 5.32 Å². The molecule has 2 rings (SSSR count). The van der Waals surface area contributed by atoms with Crippen LogP contribution in [-0.4, -0.2) is 16.3 Å². The van der Waals surface area contributed by atoms with Gasteiger partial charge in [-0.1, -0.05) is 27.7 Å². The molecule has 18 heavy (non-hydrogen) atoms.